The van der Waals surface area contributed by atoms with Crippen molar-refractivity contribution in [1.29, 1.82) is 0 Å². The van der Waals surface area contributed by atoms with E-state index in [1.807, 2.05) is 54.6 Å². The molecule has 2 aliphatic rings. The highest BCUT2D eigenvalue weighted by molar-refractivity contribution is 7.93. The fourth-order valence-corrected chi connectivity index (χ4v) is 5.16. The lowest BCUT2D eigenvalue weighted by Gasteiger charge is -2.25. The zero-order valence-electron chi connectivity index (χ0n) is 13.6. The van der Waals surface area contributed by atoms with Crippen molar-refractivity contribution in [3.05, 3.63) is 76.2 Å². The van der Waals surface area contributed by atoms with Crippen molar-refractivity contribution in [3.8, 4) is 0 Å². The first-order chi connectivity index (χ1) is 11.6. The Bertz CT molecular complexity index is 868. The average molecular weight is 339 g/mol. The molecule has 0 heterocycles. The van der Waals surface area contributed by atoms with Gasteiger partial charge in [-0.15, -0.1) is 0 Å². The first-order valence-corrected chi connectivity index (χ1v) is 9.93. The Labute approximate surface area is 143 Å². The van der Waals surface area contributed by atoms with Crippen molar-refractivity contribution in [3.63, 3.8) is 0 Å². The highest BCUT2D eigenvalue weighted by Gasteiger charge is 2.39. The van der Waals surface area contributed by atoms with Crippen LogP contribution in [0.4, 0.5) is 0 Å². The molecular formula is C20H21NO2S. The molecule has 3 nitrogen and oxygen atoms in total. The normalized spacial score (nSPS) is 17.5. The van der Waals surface area contributed by atoms with Gasteiger partial charge in [0.05, 0.1) is 4.91 Å². The summed E-state index contributed by atoms with van der Waals surface area (Å²) in [7, 11) is -3.41. The zero-order chi connectivity index (χ0) is 16.6. The topological polar surface area (TPSA) is 37.4 Å². The molecule has 0 amide bonds. The number of fused-ring (bicyclic) bond motifs is 1. The summed E-state index contributed by atoms with van der Waals surface area (Å²) in [6, 6.07) is 18.1. The fourth-order valence-electron chi connectivity index (χ4n) is 3.30. The SMILES string of the molecule is O=S(=O)(C1=Cc2ccccc2CC1)N(Cc1ccccc1)C1CC1. The van der Waals surface area contributed by atoms with Crippen molar-refractivity contribution in [1.82, 2.24) is 4.31 Å². The number of hydrogen-bond acceptors (Lipinski definition) is 2. The summed E-state index contributed by atoms with van der Waals surface area (Å²) in [6.07, 6.45) is 5.20. The molecule has 1 fully saturated rings. The van der Waals surface area contributed by atoms with Crippen LogP contribution in [0.25, 0.3) is 6.08 Å². The largest absolute Gasteiger partial charge is 0.239 e. The van der Waals surface area contributed by atoms with Crippen LogP contribution >= 0.6 is 0 Å². The van der Waals surface area contributed by atoms with Gasteiger partial charge in [-0.25, -0.2) is 8.42 Å². The average Bonchev–Trinajstić information content (AvgIpc) is 3.45. The number of aryl methyl sites for hydroxylation is 1. The van der Waals surface area contributed by atoms with E-state index in [1.165, 1.54) is 5.56 Å². The lowest BCUT2D eigenvalue weighted by atomic mass is 9.98. The van der Waals surface area contributed by atoms with Gasteiger partial charge in [0.2, 0.25) is 10.0 Å². The molecule has 4 rings (SSSR count). The third-order valence-electron chi connectivity index (χ3n) is 4.79. The Morgan fingerprint density at radius 1 is 0.917 bits per heavy atom. The predicted octanol–water partition coefficient (Wildman–Crippen LogP) is 3.97. The molecule has 1 saturated carbocycles. The molecule has 0 spiro atoms. The minimum absolute atomic E-state index is 0.160. The molecule has 0 radical (unpaired) electrons. The second-order valence-corrected chi connectivity index (χ2v) is 8.52. The second-order valence-electron chi connectivity index (χ2n) is 6.58. The predicted molar refractivity (Wildman–Crippen MR) is 96.7 cm³/mol. The maximum Gasteiger partial charge on any atom is 0.239 e. The Hall–Kier alpha value is -1.91. The van der Waals surface area contributed by atoms with Gasteiger partial charge in [-0.2, -0.15) is 4.31 Å². The molecule has 2 aliphatic carbocycles. The highest BCUT2D eigenvalue weighted by Crippen LogP contribution is 2.36. The molecule has 0 aromatic heterocycles. The summed E-state index contributed by atoms with van der Waals surface area (Å²) in [6.45, 7) is 0.465. The number of rotatable bonds is 5. The van der Waals surface area contributed by atoms with Crippen molar-refractivity contribution in [2.45, 2.75) is 38.3 Å². The molecule has 2 aromatic carbocycles. The molecule has 0 unspecified atom stereocenters. The number of nitrogens with zero attached hydrogens (tertiary/aromatic N) is 1. The van der Waals surface area contributed by atoms with E-state index in [0.29, 0.717) is 17.9 Å². The monoisotopic (exact) mass is 339 g/mol. The number of allylic oxidation sites excluding steroid dienone is 1. The third kappa shape index (κ3) is 3.04. The van der Waals surface area contributed by atoms with Crippen LogP contribution in [0.5, 0.6) is 0 Å². The van der Waals surface area contributed by atoms with Gasteiger partial charge in [0.1, 0.15) is 0 Å². The molecule has 0 atom stereocenters. The van der Waals surface area contributed by atoms with E-state index in [9.17, 15) is 8.42 Å². The number of sulfonamides is 1. The summed E-state index contributed by atoms with van der Waals surface area (Å²) in [5, 5.41) is 0. The van der Waals surface area contributed by atoms with Crippen LogP contribution in [-0.2, 0) is 23.0 Å². The number of benzene rings is 2. The van der Waals surface area contributed by atoms with Crippen LogP contribution < -0.4 is 0 Å². The van der Waals surface area contributed by atoms with Crippen molar-refractivity contribution in [2.24, 2.45) is 0 Å². The van der Waals surface area contributed by atoms with Gasteiger partial charge in [-0.3, -0.25) is 0 Å². The van der Waals surface area contributed by atoms with Crippen LogP contribution in [0.2, 0.25) is 0 Å². The lowest BCUT2D eigenvalue weighted by molar-refractivity contribution is 0.402. The van der Waals surface area contributed by atoms with E-state index in [-0.39, 0.29) is 6.04 Å². The van der Waals surface area contributed by atoms with Crippen molar-refractivity contribution < 1.29 is 8.42 Å². The Morgan fingerprint density at radius 3 is 2.38 bits per heavy atom. The maximum absolute atomic E-state index is 13.2. The van der Waals surface area contributed by atoms with Gasteiger partial charge in [-0.05, 0) is 48.4 Å². The molecule has 24 heavy (non-hydrogen) atoms. The molecular weight excluding hydrogens is 318 g/mol. The lowest BCUT2D eigenvalue weighted by Crippen LogP contribution is -2.34. The van der Waals surface area contributed by atoms with E-state index < -0.39 is 10.0 Å². The highest BCUT2D eigenvalue weighted by atomic mass is 32.2. The summed E-state index contributed by atoms with van der Waals surface area (Å²) >= 11 is 0. The molecule has 2 aromatic rings. The molecule has 4 heteroatoms. The van der Waals surface area contributed by atoms with Gasteiger partial charge in [0.15, 0.2) is 0 Å². The minimum Gasteiger partial charge on any atom is -0.207 e. The van der Waals surface area contributed by atoms with E-state index in [4.69, 9.17) is 0 Å². The molecule has 0 bridgehead atoms. The standard InChI is InChI=1S/C20H21NO2S/c22-24(23,20-13-10-17-8-4-5-9-18(17)14-20)21(19-11-12-19)15-16-6-2-1-3-7-16/h1-9,14,19H,10-13,15H2. The third-order valence-corrected chi connectivity index (χ3v) is 6.82. The van der Waals surface area contributed by atoms with E-state index in [0.717, 1.165) is 30.4 Å². The summed E-state index contributed by atoms with van der Waals surface area (Å²) in [5.74, 6) is 0. The number of hydrogen-bond donors (Lipinski definition) is 0. The van der Waals surface area contributed by atoms with E-state index in [1.54, 1.807) is 4.31 Å². The van der Waals surface area contributed by atoms with Gasteiger partial charge in [-0.1, -0.05) is 54.6 Å². The smallest absolute Gasteiger partial charge is 0.207 e. The van der Waals surface area contributed by atoms with Crippen LogP contribution in [0.15, 0.2) is 59.5 Å². The van der Waals surface area contributed by atoms with Gasteiger partial charge < -0.3 is 0 Å². The van der Waals surface area contributed by atoms with E-state index >= 15 is 0 Å². The first-order valence-electron chi connectivity index (χ1n) is 8.49. The van der Waals surface area contributed by atoms with Gasteiger partial charge in [0, 0.05) is 12.6 Å². The van der Waals surface area contributed by atoms with E-state index in [2.05, 4.69) is 6.07 Å². The van der Waals surface area contributed by atoms with Crippen molar-refractivity contribution >= 4 is 16.1 Å². The summed E-state index contributed by atoms with van der Waals surface area (Å²) in [4.78, 5) is 0.559. The van der Waals surface area contributed by atoms with Crippen molar-refractivity contribution in [2.75, 3.05) is 0 Å². The van der Waals surface area contributed by atoms with Crippen LogP contribution in [0.1, 0.15) is 36.0 Å². The van der Waals surface area contributed by atoms with Gasteiger partial charge >= 0.3 is 0 Å². The van der Waals surface area contributed by atoms with Crippen LogP contribution in [0.3, 0.4) is 0 Å². The van der Waals surface area contributed by atoms with Crippen LogP contribution in [-0.4, -0.2) is 18.8 Å². The zero-order valence-corrected chi connectivity index (χ0v) is 14.4. The fraction of sp³-hybridized carbons (Fsp3) is 0.300. The minimum atomic E-state index is -3.41. The molecule has 124 valence electrons. The van der Waals surface area contributed by atoms with Gasteiger partial charge in [0.25, 0.3) is 0 Å². The quantitative estimate of drug-likeness (QED) is 0.826. The molecule has 0 saturated heterocycles. The summed E-state index contributed by atoms with van der Waals surface area (Å²) < 4.78 is 28.2. The molecule has 0 aliphatic heterocycles. The Balaban J connectivity index is 1.66. The molecule has 0 N–H and O–H groups in total. The Morgan fingerprint density at radius 2 is 1.62 bits per heavy atom. The second kappa shape index (κ2) is 6.19. The van der Waals surface area contributed by atoms with Crippen LogP contribution in [0, 0.1) is 0 Å². The maximum atomic E-state index is 13.2. The summed E-state index contributed by atoms with van der Waals surface area (Å²) in [5.41, 5.74) is 3.32. The Kier molecular flexibility index (Phi) is 4.02. The first kappa shape index (κ1) is 15.6.